The number of nitrogens with zero attached hydrogens (tertiary/aromatic N) is 1. The molecule has 0 saturated heterocycles. The van der Waals surface area contributed by atoms with Gasteiger partial charge in [0.25, 0.3) is 0 Å². The lowest BCUT2D eigenvalue weighted by atomic mass is 10.1. The summed E-state index contributed by atoms with van der Waals surface area (Å²) in [5.74, 6) is 0.238. The van der Waals surface area contributed by atoms with Crippen LogP contribution in [0.25, 0.3) is 0 Å². The van der Waals surface area contributed by atoms with Crippen LogP contribution in [0.5, 0.6) is 5.75 Å². The number of rotatable bonds is 4. The van der Waals surface area contributed by atoms with Gasteiger partial charge in [-0.2, -0.15) is 0 Å². The van der Waals surface area contributed by atoms with Crippen molar-refractivity contribution in [2.45, 2.75) is 6.04 Å². The Balaban J connectivity index is 2.38. The fourth-order valence-corrected chi connectivity index (χ4v) is 2.43. The summed E-state index contributed by atoms with van der Waals surface area (Å²) in [4.78, 5) is 4.99. The van der Waals surface area contributed by atoms with Gasteiger partial charge in [0.1, 0.15) is 11.6 Å². The van der Waals surface area contributed by atoms with E-state index in [-0.39, 0.29) is 11.9 Å². The van der Waals surface area contributed by atoms with Crippen molar-refractivity contribution in [3.63, 3.8) is 0 Å². The molecular formula is C12H13FN2OS. The van der Waals surface area contributed by atoms with E-state index >= 15 is 0 Å². The highest BCUT2D eigenvalue weighted by molar-refractivity contribution is 7.09. The quantitative estimate of drug-likeness (QED) is 0.908. The van der Waals surface area contributed by atoms with Gasteiger partial charge in [0.2, 0.25) is 0 Å². The molecule has 1 N–H and O–H groups in total. The van der Waals surface area contributed by atoms with Crippen molar-refractivity contribution in [1.29, 1.82) is 0 Å². The van der Waals surface area contributed by atoms with Gasteiger partial charge in [-0.1, -0.05) is 6.07 Å². The zero-order valence-corrected chi connectivity index (χ0v) is 10.4. The molecule has 2 rings (SSSR count). The standard InChI is InChI=1S/C12H13FN2OS/c1-14-12(11-6-15-7-17-11)9-4-3-8(16-2)5-10(9)13/h3-7,12,14H,1-2H3. The molecule has 0 aliphatic heterocycles. The van der Waals surface area contributed by atoms with Crippen molar-refractivity contribution in [1.82, 2.24) is 10.3 Å². The molecule has 17 heavy (non-hydrogen) atoms. The molecule has 0 radical (unpaired) electrons. The number of thiazole rings is 1. The van der Waals surface area contributed by atoms with Crippen LogP contribution in [0.1, 0.15) is 16.5 Å². The maximum absolute atomic E-state index is 13.9. The van der Waals surface area contributed by atoms with Gasteiger partial charge in [0.15, 0.2) is 0 Å². The van der Waals surface area contributed by atoms with Crippen LogP contribution >= 0.6 is 11.3 Å². The van der Waals surface area contributed by atoms with E-state index in [4.69, 9.17) is 4.74 Å². The maximum Gasteiger partial charge on any atom is 0.132 e. The second kappa shape index (κ2) is 5.25. The van der Waals surface area contributed by atoms with Gasteiger partial charge in [-0.05, 0) is 13.1 Å². The Kier molecular flexibility index (Phi) is 3.71. The number of hydrogen-bond donors (Lipinski definition) is 1. The van der Waals surface area contributed by atoms with Crippen molar-refractivity contribution in [3.05, 3.63) is 46.2 Å². The minimum atomic E-state index is -0.280. The van der Waals surface area contributed by atoms with Crippen LogP contribution in [0.4, 0.5) is 4.39 Å². The highest BCUT2D eigenvalue weighted by atomic mass is 32.1. The fourth-order valence-electron chi connectivity index (χ4n) is 1.69. The van der Waals surface area contributed by atoms with Crippen LogP contribution in [-0.2, 0) is 0 Å². The molecule has 3 nitrogen and oxygen atoms in total. The number of aromatic nitrogens is 1. The zero-order valence-electron chi connectivity index (χ0n) is 9.61. The van der Waals surface area contributed by atoms with E-state index in [2.05, 4.69) is 10.3 Å². The fraction of sp³-hybridized carbons (Fsp3) is 0.250. The van der Waals surface area contributed by atoms with Crippen molar-refractivity contribution >= 4 is 11.3 Å². The Morgan fingerprint density at radius 2 is 2.29 bits per heavy atom. The largest absolute Gasteiger partial charge is 0.497 e. The van der Waals surface area contributed by atoms with Gasteiger partial charge >= 0.3 is 0 Å². The smallest absolute Gasteiger partial charge is 0.132 e. The van der Waals surface area contributed by atoms with Crippen LogP contribution in [0.3, 0.4) is 0 Å². The van der Waals surface area contributed by atoms with E-state index in [1.54, 1.807) is 30.9 Å². The second-order valence-electron chi connectivity index (χ2n) is 3.51. The number of methoxy groups -OCH3 is 1. The first-order valence-electron chi connectivity index (χ1n) is 5.15. The van der Waals surface area contributed by atoms with Gasteiger partial charge in [-0.15, -0.1) is 11.3 Å². The number of halogens is 1. The predicted octanol–water partition coefficient (Wildman–Crippen LogP) is 2.60. The van der Waals surface area contributed by atoms with Crippen molar-refractivity contribution in [2.24, 2.45) is 0 Å². The van der Waals surface area contributed by atoms with Gasteiger partial charge in [0.05, 0.1) is 18.7 Å². The van der Waals surface area contributed by atoms with Crippen LogP contribution < -0.4 is 10.1 Å². The van der Waals surface area contributed by atoms with Gasteiger partial charge in [-0.3, -0.25) is 4.98 Å². The number of benzene rings is 1. The summed E-state index contributed by atoms with van der Waals surface area (Å²) >= 11 is 1.50. The normalized spacial score (nSPS) is 12.4. The average Bonchev–Trinajstić information content (AvgIpc) is 2.85. The summed E-state index contributed by atoms with van der Waals surface area (Å²) < 4.78 is 18.9. The summed E-state index contributed by atoms with van der Waals surface area (Å²) in [6.07, 6.45) is 1.75. The number of nitrogens with one attached hydrogen (secondary N) is 1. The Labute approximate surface area is 103 Å². The third kappa shape index (κ3) is 2.45. The lowest BCUT2D eigenvalue weighted by Gasteiger charge is -2.15. The summed E-state index contributed by atoms with van der Waals surface area (Å²) in [6.45, 7) is 0. The molecule has 0 fully saturated rings. The summed E-state index contributed by atoms with van der Waals surface area (Å²) in [5.41, 5.74) is 2.33. The highest BCUT2D eigenvalue weighted by Gasteiger charge is 2.17. The molecule has 1 aromatic heterocycles. The Hall–Kier alpha value is -1.46. The molecule has 1 aromatic carbocycles. The molecule has 0 saturated carbocycles. The molecule has 0 aliphatic carbocycles. The highest BCUT2D eigenvalue weighted by Crippen LogP contribution is 2.28. The summed E-state index contributed by atoms with van der Waals surface area (Å²) in [5, 5.41) is 3.09. The van der Waals surface area contributed by atoms with E-state index in [9.17, 15) is 4.39 Å². The molecule has 0 spiro atoms. The average molecular weight is 252 g/mol. The van der Waals surface area contributed by atoms with Gasteiger partial charge < -0.3 is 10.1 Å². The SMILES string of the molecule is CNC(c1cncs1)c1ccc(OC)cc1F. The van der Waals surface area contributed by atoms with Crippen LogP contribution in [0.15, 0.2) is 29.9 Å². The second-order valence-corrected chi connectivity index (χ2v) is 4.43. The first-order valence-corrected chi connectivity index (χ1v) is 6.03. The lowest BCUT2D eigenvalue weighted by Crippen LogP contribution is -2.17. The van der Waals surface area contributed by atoms with E-state index < -0.39 is 0 Å². The van der Waals surface area contributed by atoms with Crippen molar-refractivity contribution in [2.75, 3.05) is 14.2 Å². The zero-order chi connectivity index (χ0) is 12.3. The molecule has 1 unspecified atom stereocenters. The predicted molar refractivity (Wildman–Crippen MR) is 66.0 cm³/mol. The van der Waals surface area contributed by atoms with E-state index in [1.165, 1.54) is 24.5 Å². The monoisotopic (exact) mass is 252 g/mol. The third-order valence-electron chi connectivity index (χ3n) is 2.54. The van der Waals surface area contributed by atoms with Gasteiger partial charge in [-0.25, -0.2) is 4.39 Å². The third-order valence-corrected chi connectivity index (χ3v) is 3.38. The molecule has 0 bridgehead atoms. The number of hydrogen-bond acceptors (Lipinski definition) is 4. The Bertz CT molecular complexity index is 487. The van der Waals surface area contributed by atoms with Crippen molar-refractivity contribution < 1.29 is 9.13 Å². The molecule has 0 aliphatic rings. The summed E-state index contributed by atoms with van der Waals surface area (Å²) in [7, 11) is 3.32. The van der Waals surface area contributed by atoms with Crippen LogP contribution in [-0.4, -0.2) is 19.1 Å². The van der Waals surface area contributed by atoms with Crippen molar-refractivity contribution in [3.8, 4) is 5.75 Å². The lowest BCUT2D eigenvalue weighted by molar-refractivity contribution is 0.410. The van der Waals surface area contributed by atoms with Crippen LogP contribution in [0.2, 0.25) is 0 Å². The minimum absolute atomic E-state index is 0.173. The van der Waals surface area contributed by atoms with E-state index in [0.717, 1.165) is 4.88 Å². The van der Waals surface area contributed by atoms with E-state index in [1.807, 2.05) is 0 Å². The molecular weight excluding hydrogens is 239 g/mol. The van der Waals surface area contributed by atoms with Crippen LogP contribution in [0, 0.1) is 5.82 Å². The molecule has 2 aromatic rings. The molecule has 5 heteroatoms. The molecule has 0 amide bonds. The van der Waals surface area contributed by atoms with Gasteiger partial charge in [0, 0.05) is 22.7 Å². The topological polar surface area (TPSA) is 34.2 Å². The molecule has 90 valence electrons. The first kappa shape index (κ1) is 12.0. The molecule has 1 heterocycles. The minimum Gasteiger partial charge on any atom is -0.497 e. The Morgan fingerprint density at radius 1 is 1.47 bits per heavy atom. The number of ether oxygens (including phenoxy) is 1. The van der Waals surface area contributed by atoms with E-state index in [0.29, 0.717) is 11.3 Å². The summed E-state index contributed by atoms with van der Waals surface area (Å²) in [6, 6.07) is 4.70. The molecule has 1 atom stereocenters. The maximum atomic E-state index is 13.9. The first-order chi connectivity index (χ1) is 8.26. The Morgan fingerprint density at radius 3 is 2.82 bits per heavy atom.